The van der Waals surface area contributed by atoms with Crippen LogP contribution in [0, 0.1) is 20.8 Å². The van der Waals surface area contributed by atoms with Gasteiger partial charge in [0.1, 0.15) is 6.04 Å². The number of aromatic nitrogens is 4. The van der Waals surface area contributed by atoms with E-state index in [1.807, 2.05) is 37.6 Å². The van der Waals surface area contributed by atoms with E-state index in [0.717, 1.165) is 17.1 Å². The van der Waals surface area contributed by atoms with Crippen LogP contribution in [0.5, 0.6) is 0 Å². The maximum atomic E-state index is 12.8. The van der Waals surface area contributed by atoms with Crippen LogP contribution in [0.4, 0.5) is 5.69 Å². The van der Waals surface area contributed by atoms with Crippen LogP contribution in [0.1, 0.15) is 41.9 Å². The van der Waals surface area contributed by atoms with Gasteiger partial charge in [-0.15, -0.1) is 0 Å². The summed E-state index contributed by atoms with van der Waals surface area (Å²) in [6.45, 7) is 8.58. The second-order valence-electron chi connectivity index (χ2n) is 6.68. The number of carbonyl (C=O) groups is 1. The van der Waals surface area contributed by atoms with Crippen molar-refractivity contribution in [2.45, 2.75) is 46.7 Å². The highest BCUT2D eigenvalue weighted by molar-refractivity contribution is 6.30. The topological polar surface area (TPSA) is 64.7 Å². The molecule has 0 aliphatic rings. The summed E-state index contributed by atoms with van der Waals surface area (Å²) in [5.41, 5.74) is 4.90. The van der Waals surface area contributed by atoms with Crippen molar-refractivity contribution in [3.63, 3.8) is 0 Å². The monoisotopic (exact) mass is 385 g/mol. The first-order chi connectivity index (χ1) is 12.9. The molecule has 1 aromatic carbocycles. The van der Waals surface area contributed by atoms with E-state index in [1.54, 1.807) is 10.9 Å². The Hall–Kier alpha value is -2.60. The molecule has 7 heteroatoms. The lowest BCUT2D eigenvalue weighted by Gasteiger charge is -2.16. The molecule has 1 N–H and O–H groups in total. The standard InChI is InChI=1S/C20H24ClN5O/c1-5-18(26-12-17(21)10-22-26)20(27)23-19-14(3)24-25(15(19)4)11-16-9-7-6-8-13(16)2/h6-10,12,18H,5,11H2,1-4H3,(H,23,27). The molecule has 0 bridgehead atoms. The highest BCUT2D eigenvalue weighted by Gasteiger charge is 2.22. The Kier molecular flexibility index (Phi) is 5.65. The first-order valence-electron chi connectivity index (χ1n) is 8.99. The van der Waals surface area contributed by atoms with Crippen LogP contribution >= 0.6 is 11.6 Å². The SMILES string of the molecule is CCC(C(=O)Nc1c(C)nn(Cc2ccccc2C)c1C)n1cc(Cl)cn1. The number of hydrogen-bond donors (Lipinski definition) is 1. The zero-order valence-electron chi connectivity index (χ0n) is 16.0. The van der Waals surface area contributed by atoms with Crippen LogP contribution in [0.2, 0.25) is 5.02 Å². The number of anilines is 1. The molecule has 0 radical (unpaired) electrons. The molecule has 6 nitrogen and oxygen atoms in total. The lowest BCUT2D eigenvalue weighted by molar-refractivity contribution is -0.119. The number of nitrogens with one attached hydrogen (secondary N) is 1. The fourth-order valence-electron chi connectivity index (χ4n) is 3.17. The molecule has 0 fully saturated rings. The van der Waals surface area contributed by atoms with Crippen molar-refractivity contribution in [3.8, 4) is 0 Å². The first kappa shape index (κ1) is 19.2. The van der Waals surface area contributed by atoms with Crippen molar-refractivity contribution >= 4 is 23.2 Å². The Labute approximate surface area is 164 Å². The molecule has 0 aliphatic heterocycles. The maximum Gasteiger partial charge on any atom is 0.249 e. The van der Waals surface area contributed by atoms with Gasteiger partial charge in [0.15, 0.2) is 0 Å². The van der Waals surface area contributed by atoms with Gasteiger partial charge in [0.2, 0.25) is 5.91 Å². The van der Waals surface area contributed by atoms with Crippen molar-refractivity contribution < 1.29 is 4.79 Å². The van der Waals surface area contributed by atoms with Gasteiger partial charge in [0.25, 0.3) is 0 Å². The van der Waals surface area contributed by atoms with Crippen molar-refractivity contribution in [1.29, 1.82) is 0 Å². The summed E-state index contributed by atoms with van der Waals surface area (Å²) in [5, 5.41) is 12.3. The molecular weight excluding hydrogens is 362 g/mol. The Bertz CT molecular complexity index is 959. The minimum Gasteiger partial charge on any atom is -0.321 e. The van der Waals surface area contributed by atoms with Crippen LogP contribution < -0.4 is 5.32 Å². The molecule has 0 saturated carbocycles. The number of amides is 1. The molecule has 3 aromatic rings. The van der Waals surface area contributed by atoms with Crippen molar-refractivity contribution in [1.82, 2.24) is 19.6 Å². The van der Waals surface area contributed by atoms with E-state index in [0.29, 0.717) is 18.0 Å². The van der Waals surface area contributed by atoms with E-state index in [2.05, 4.69) is 34.6 Å². The predicted molar refractivity (Wildman–Crippen MR) is 107 cm³/mol. The first-order valence-corrected chi connectivity index (χ1v) is 9.37. The summed E-state index contributed by atoms with van der Waals surface area (Å²) >= 11 is 5.94. The zero-order valence-corrected chi connectivity index (χ0v) is 16.8. The van der Waals surface area contributed by atoms with Crippen LogP contribution in [0.3, 0.4) is 0 Å². The second kappa shape index (κ2) is 7.96. The average molecular weight is 386 g/mol. The van der Waals surface area contributed by atoms with Crippen molar-refractivity contribution in [2.24, 2.45) is 0 Å². The number of rotatable bonds is 6. The molecule has 1 unspecified atom stereocenters. The number of aryl methyl sites for hydroxylation is 2. The Balaban J connectivity index is 1.82. The summed E-state index contributed by atoms with van der Waals surface area (Å²) < 4.78 is 3.53. The lowest BCUT2D eigenvalue weighted by Crippen LogP contribution is -2.26. The van der Waals surface area contributed by atoms with Gasteiger partial charge >= 0.3 is 0 Å². The summed E-state index contributed by atoms with van der Waals surface area (Å²) in [5.74, 6) is -0.126. The number of benzene rings is 1. The van der Waals surface area contributed by atoms with Gasteiger partial charge in [-0.3, -0.25) is 14.2 Å². The highest BCUT2D eigenvalue weighted by atomic mass is 35.5. The summed E-state index contributed by atoms with van der Waals surface area (Å²) in [4.78, 5) is 12.8. The van der Waals surface area contributed by atoms with Crippen LogP contribution in [-0.4, -0.2) is 25.5 Å². The molecule has 0 spiro atoms. The number of nitrogens with zero attached hydrogens (tertiary/aromatic N) is 4. The number of carbonyl (C=O) groups excluding carboxylic acids is 1. The van der Waals surface area contributed by atoms with Gasteiger partial charge in [-0.1, -0.05) is 42.8 Å². The number of hydrogen-bond acceptors (Lipinski definition) is 3. The second-order valence-corrected chi connectivity index (χ2v) is 7.12. The van der Waals surface area contributed by atoms with Crippen molar-refractivity contribution in [3.05, 3.63) is 64.2 Å². The number of halogens is 1. The minimum atomic E-state index is -0.420. The third-order valence-electron chi connectivity index (χ3n) is 4.79. The van der Waals surface area contributed by atoms with Crippen LogP contribution in [0.15, 0.2) is 36.7 Å². The van der Waals surface area contributed by atoms with E-state index in [9.17, 15) is 4.79 Å². The molecule has 0 aliphatic carbocycles. The summed E-state index contributed by atoms with van der Waals surface area (Å²) in [6, 6.07) is 7.82. The lowest BCUT2D eigenvalue weighted by atomic mass is 10.1. The fourth-order valence-corrected chi connectivity index (χ4v) is 3.31. The molecule has 1 atom stereocenters. The van der Waals surface area contributed by atoms with Crippen molar-refractivity contribution in [2.75, 3.05) is 5.32 Å². The molecule has 0 saturated heterocycles. The molecule has 142 valence electrons. The Morgan fingerprint density at radius 3 is 2.63 bits per heavy atom. The summed E-state index contributed by atoms with van der Waals surface area (Å²) in [7, 11) is 0. The Morgan fingerprint density at radius 1 is 1.26 bits per heavy atom. The molecule has 3 rings (SSSR count). The van der Waals surface area contributed by atoms with Gasteiger partial charge in [-0.25, -0.2) is 0 Å². The zero-order chi connectivity index (χ0) is 19.6. The smallest absolute Gasteiger partial charge is 0.249 e. The molecule has 2 heterocycles. The van der Waals surface area contributed by atoms with E-state index in [4.69, 9.17) is 11.6 Å². The van der Waals surface area contributed by atoms with Gasteiger partial charge in [0, 0.05) is 6.20 Å². The van der Waals surface area contributed by atoms with Crippen LogP contribution in [-0.2, 0) is 11.3 Å². The fraction of sp³-hybridized carbons (Fsp3) is 0.350. The highest BCUT2D eigenvalue weighted by Crippen LogP contribution is 2.23. The van der Waals surface area contributed by atoms with Gasteiger partial charge < -0.3 is 5.32 Å². The summed E-state index contributed by atoms with van der Waals surface area (Å²) in [6.07, 6.45) is 3.81. The van der Waals surface area contributed by atoms with E-state index < -0.39 is 6.04 Å². The van der Waals surface area contributed by atoms with Gasteiger partial charge in [0.05, 0.1) is 34.8 Å². The Morgan fingerprint density at radius 2 is 2.00 bits per heavy atom. The predicted octanol–water partition coefficient (Wildman–Crippen LogP) is 4.30. The average Bonchev–Trinajstić information content (AvgIpc) is 3.16. The van der Waals surface area contributed by atoms with E-state index in [1.165, 1.54) is 17.3 Å². The normalized spacial score (nSPS) is 12.2. The van der Waals surface area contributed by atoms with E-state index >= 15 is 0 Å². The van der Waals surface area contributed by atoms with Gasteiger partial charge in [-0.05, 0) is 38.3 Å². The maximum absolute atomic E-state index is 12.8. The largest absolute Gasteiger partial charge is 0.321 e. The molecule has 2 aromatic heterocycles. The third kappa shape index (κ3) is 4.06. The molecular formula is C20H24ClN5O. The molecule has 1 amide bonds. The molecule has 27 heavy (non-hydrogen) atoms. The van der Waals surface area contributed by atoms with E-state index in [-0.39, 0.29) is 5.91 Å². The quantitative estimate of drug-likeness (QED) is 0.688. The third-order valence-corrected chi connectivity index (χ3v) is 4.98. The minimum absolute atomic E-state index is 0.126. The van der Waals surface area contributed by atoms with Crippen LogP contribution in [0.25, 0.3) is 0 Å². The van der Waals surface area contributed by atoms with Gasteiger partial charge in [-0.2, -0.15) is 10.2 Å².